The number of carbonyl (C=O) groups excluding carboxylic acids is 1. The number of benzene rings is 1. The van der Waals surface area contributed by atoms with Gasteiger partial charge in [0.1, 0.15) is 6.54 Å². The molecule has 2 heterocycles. The highest BCUT2D eigenvalue weighted by atomic mass is 32.1. The summed E-state index contributed by atoms with van der Waals surface area (Å²) in [5.41, 5.74) is 2.47. The Morgan fingerprint density at radius 2 is 2.00 bits per heavy atom. The van der Waals surface area contributed by atoms with E-state index >= 15 is 0 Å². The number of carbonyl (C=O) groups is 1. The Balaban J connectivity index is 1.67. The lowest BCUT2D eigenvalue weighted by Crippen LogP contribution is -2.39. The van der Waals surface area contributed by atoms with Gasteiger partial charge in [0.2, 0.25) is 5.91 Å². The van der Waals surface area contributed by atoms with E-state index in [9.17, 15) is 9.59 Å². The van der Waals surface area contributed by atoms with Gasteiger partial charge in [-0.2, -0.15) is 16.4 Å². The van der Waals surface area contributed by atoms with Gasteiger partial charge < -0.3 is 5.32 Å². The standard InChI is InChI=1S/C19H19N3O2S/c1-14(11-15-9-10-25-13-15)20-18(23)12-22-19(24)8-7-17(21-22)16-5-3-2-4-6-16/h2-10,13-14H,11-12H2,1H3,(H,20,23). The average Bonchev–Trinajstić information content (AvgIpc) is 3.10. The molecule has 2 aromatic heterocycles. The fraction of sp³-hybridized carbons (Fsp3) is 0.211. The number of thiophene rings is 1. The van der Waals surface area contributed by atoms with E-state index in [1.807, 2.05) is 48.7 Å². The first-order valence-corrected chi connectivity index (χ1v) is 9.00. The van der Waals surface area contributed by atoms with Gasteiger partial charge in [0.15, 0.2) is 0 Å². The molecule has 0 saturated heterocycles. The Morgan fingerprint density at radius 1 is 1.20 bits per heavy atom. The smallest absolute Gasteiger partial charge is 0.267 e. The molecule has 1 N–H and O–H groups in total. The van der Waals surface area contributed by atoms with Crippen LogP contribution < -0.4 is 10.9 Å². The summed E-state index contributed by atoms with van der Waals surface area (Å²) < 4.78 is 1.20. The normalized spacial score (nSPS) is 11.9. The summed E-state index contributed by atoms with van der Waals surface area (Å²) in [6.07, 6.45) is 0.765. The zero-order chi connectivity index (χ0) is 17.6. The predicted octanol–water partition coefficient (Wildman–Crippen LogP) is 2.72. The minimum atomic E-state index is -0.291. The summed E-state index contributed by atoms with van der Waals surface area (Å²) in [5, 5.41) is 11.3. The number of hydrogen-bond donors (Lipinski definition) is 1. The SMILES string of the molecule is CC(Cc1ccsc1)NC(=O)Cn1nc(-c2ccccc2)ccc1=O. The molecular weight excluding hydrogens is 334 g/mol. The van der Waals surface area contributed by atoms with Crippen molar-refractivity contribution in [2.24, 2.45) is 0 Å². The van der Waals surface area contributed by atoms with E-state index < -0.39 is 0 Å². The Hall–Kier alpha value is -2.73. The molecule has 0 aliphatic carbocycles. The maximum absolute atomic E-state index is 12.2. The lowest BCUT2D eigenvalue weighted by Gasteiger charge is -2.14. The van der Waals surface area contributed by atoms with Crippen LogP contribution in [0.3, 0.4) is 0 Å². The van der Waals surface area contributed by atoms with Gasteiger partial charge in [-0.1, -0.05) is 30.3 Å². The van der Waals surface area contributed by atoms with Gasteiger partial charge >= 0.3 is 0 Å². The summed E-state index contributed by atoms with van der Waals surface area (Å²) in [5.74, 6) is -0.220. The van der Waals surface area contributed by atoms with Gasteiger partial charge in [0, 0.05) is 17.7 Å². The molecule has 6 heteroatoms. The Kier molecular flexibility index (Phi) is 5.40. The third-order valence-corrected chi connectivity index (χ3v) is 4.49. The van der Waals surface area contributed by atoms with Crippen LogP contribution in [0.1, 0.15) is 12.5 Å². The van der Waals surface area contributed by atoms with Crippen LogP contribution in [0.25, 0.3) is 11.3 Å². The summed E-state index contributed by atoms with van der Waals surface area (Å²) in [4.78, 5) is 24.2. The summed E-state index contributed by atoms with van der Waals surface area (Å²) in [6.45, 7) is 1.86. The molecule has 25 heavy (non-hydrogen) atoms. The van der Waals surface area contributed by atoms with Gasteiger partial charge in [-0.3, -0.25) is 9.59 Å². The summed E-state index contributed by atoms with van der Waals surface area (Å²) >= 11 is 1.64. The molecule has 3 aromatic rings. The van der Waals surface area contributed by atoms with E-state index in [0.29, 0.717) is 5.69 Å². The minimum Gasteiger partial charge on any atom is -0.352 e. The minimum absolute atomic E-state index is 0.00453. The molecule has 0 aliphatic heterocycles. The fourth-order valence-electron chi connectivity index (χ4n) is 2.59. The van der Waals surface area contributed by atoms with Crippen molar-refractivity contribution in [1.82, 2.24) is 15.1 Å². The van der Waals surface area contributed by atoms with Crippen LogP contribution in [0.15, 0.2) is 64.1 Å². The molecule has 3 rings (SSSR count). The number of hydrogen-bond acceptors (Lipinski definition) is 4. The first-order chi connectivity index (χ1) is 12.1. The molecule has 0 bridgehead atoms. The van der Waals surface area contributed by atoms with Crippen LogP contribution in [0.2, 0.25) is 0 Å². The van der Waals surface area contributed by atoms with Crippen molar-refractivity contribution < 1.29 is 4.79 Å². The Labute approximate surface area is 150 Å². The number of nitrogens with one attached hydrogen (secondary N) is 1. The van der Waals surface area contributed by atoms with E-state index in [1.54, 1.807) is 17.4 Å². The van der Waals surface area contributed by atoms with Crippen LogP contribution in [0.4, 0.5) is 0 Å². The first-order valence-electron chi connectivity index (χ1n) is 8.06. The molecule has 1 atom stereocenters. The van der Waals surface area contributed by atoms with E-state index in [0.717, 1.165) is 12.0 Å². The van der Waals surface area contributed by atoms with Gasteiger partial charge in [0.05, 0.1) is 5.69 Å². The second kappa shape index (κ2) is 7.90. The van der Waals surface area contributed by atoms with Gasteiger partial charge in [-0.25, -0.2) is 4.68 Å². The van der Waals surface area contributed by atoms with Gasteiger partial charge in [-0.15, -0.1) is 0 Å². The number of aromatic nitrogens is 2. The second-order valence-corrected chi connectivity index (χ2v) is 6.66. The highest BCUT2D eigenvalue weighted by Crippen LogP contribution is 2.14. The highest BCUT2D eigenvalue weighted by Gasteiger charge is 2.11. The largest absolute Gasteiger partial charge is 0.352 e. The lowest BCUT2D eigenvalue weighted by atomic mass is 10.1. The maximum Gasteiger partial charge on any atom is 0.267 e. The molecule has 0 fully saturated rings. The van der Waals surface area contributed by atoms with E-state index in [-0.39, 0.29) is 24.1 Å². The molecular formula is C19H19N3O2S. The molecule has 0 radical (unpaired) electrons. The van der Waals surface area contributed by atoms with E-state index in [1.165, 1.54) is 16.3 Å². The Bertz CT molecular complexity index is 889. The zero-order valence-electron chi connectivity index (χ0n) is 13.9. The molecule has 1 aromatic carbocycles. The van der Waals surface area contributed by atoms with Crippen molar-refractivity contribution in [3.05, 3.63) is 75.2 Å². The third-order valence-electron chi connectivity index (χ3n) is 3.76. The van der Waals surface area contributed by atoms with Crippen LogP contribution in [-0.2, 0) is 17.8 Å². The van der Waals surface area contributed by atoms with Crippen molar-refractivity contribution in [3.63, 3.8) is 0 Å². The molecule has 5 nitrogen and oxygen atoms in total. The van der Waals surface area contributed by atoms with Crippen molar-refractivity contribution in [2.45, 2.75) is 25.9 Å². The molecule has 1 unspecified atom stereocenters. The first kappa shape index (κ1) is 17.1. The van der Waals surface area contributed by atoms with Gasteiger partial charge in [0.25, 0.3) is 5.56 Å². The fourth-order valence-corrected chi connectivity index (χ4v) is 3.28. The van der Waals surface area contributed by atoms with Crippen molar-refractivity contribution >= 4 is 17.2 Å². The number of rotatable bonds is 6. The molecule has 128 valence electrons. The van der Waals surface area contributed by atoms with Crippen LogP contribution in [-0.4, -0.2) is 21.7 Å². The van der Waals surface area contributed by atoms with Crippen molar-refractivity contribution in [3.8, 4) is 11.3 Å². The Morgan fingerprint density at radius 3 is 2.72 bits per heavy atom. The molecule has 0 saturated carbocycles. The summed E-state index contributed by atoms with van der Waals surface area (Å²) in [7, 11) is 0. The van der Waals surface area contributed by atoms with Crippen LogP contribution >= 0.6 is 11.3 Å². The van der Waals surface area contributed by atoms with Crippen molar-refractivity contribution in [1.29, 1.82) is 0 Å². The molecule has 0 spiro atoms. The number of amides is 1. The van der Waals surface area contributed by atoms with E-state index in [4.69, 9.17) is 0 Å². The highest BCUT2D eigenvalue weighted by molar-refractivity contribution is 7.07. The van der Waals surface area contributed by atoms with Crippen molar-refractivity contribution in [2.75, 3.05) is 0 Å². The third kappa shape index (κ3) is 4.64. The monoisotopic (exact) mass is 353 g/mol. The maximum atomic E-state index is 12.2. The van der Waals surface area contributed by atoms with Crippen LogP contribution in [0.5, 0.6) is 0 Å². The molecule has 1 amide bonds. The molecule has 0 aliphatic rings. The lowest BCUT2D eigenvalue weighted by molar-refractivity contribution is -0.122. The zero-order valence-corrected chi connectivity index (χ0v) is 14.7. The quantitative estimate of drug-likeness (QED) is 0.741. The van der Waals surface area contributed by atoms with Gasteiger partial charge in [-0.05, 0) is 41.8 Å². The van der Waals surface area contributed by atoms with E-state index in [2.05, 4.69) is 15.8 Å². The summed E-state index contributed by atoms with van der Waals surface area (Å²) in [6, 6.07) is 14.7. The predicted molar refractivity (Wildman–Crippen MR) is 99.6 cm³/mol. The van der Waals surface area contributed by atoms with Crippen LogP contribution in [0, 0.1) is 0 Å². The topological polar surface area (TPSA) is 64.0 Å². The second-order valence-electron chi connectivity index (χ2n) is 5.88. The average molecular weight is 353 g/mol. The number of nitrogens with zero attached hydrogens (tertiary/aromatic N) is 2.